The van der Waals surface area contributed by atoms with E-state index in [0.717, 1.165) is 5.75 Å². The fourth-order valence-corrected chi connectivity index (χ4v) is 2.48. The van der Waals surface area contributed by atoms with Crippen molar-refractivity contribution in [1.82, 2.24) is 4.98 Å². The molecule has 2 N–H and O–H groups in total. The molecule has 0 bridgehead atoms. The van der Waals surface area contributed by atoms with E-state index in [9.17, 15) is 9.59 Å². The topological polar surface area (TPSA) is 80.3 Å². The molecule has 0 spiro atoms. The van der Waals surface area contributed by atoms with E-state index >= 15 is 0 Å². The van der Waals surface area contributed by atoms with Gasteiger partial charge in [-0.3, -0.25) is 9.59 Å². The van der Waals surface area contributed by atoms with E-state index in [1.165, 1.54) is 11.3 Å². The Morgan fingerprint density at radius 1 is 1.17 bits per heavy atom. The van der Waals surface area contributed by atoms with Crippen LogP contribution in [-0.2, 0) is 16.0 Å². The SMILES string of the molecule is COc1ccc(NC(=O)Cc2csc(NC(=O)C(C)(C)C)n2)cc1. The number of ether oxygens (including phenoxy) is 1. The Bertz CT molecular complexity index is 717. The van der Waals surface area contributed by atoms with E-state index in [0.29, 0.717) is 16.5 Å². The van der Waals surface area contributed by atoms with Gasteiger partial charge in [0.1, 0.15) is 5.75 Å². The Hall–Kier alpha value is -2.41. The lowest BCUT2D eigenvalue weighted by Crippen LogP contribution is -2.27. The highest BCUT2D eigenvalue weighted by molar-refractivity contribution is 7.13. The minimum absolute atomic E-state index is 0.105. The van der Waals surface area contributed by atoms with Gasteiger partial charge in [0.15, 0.2) is 5.13 Å². The second-order valence-electron chi connectivity index (χ2n) is 6.30. The average molecular weight is 347 g/mol. The fraction of sp³-hybridized carbons (Fsp3) is 0.353. The van der Waals surface area contributed by atoms with Gasteiger partial charge in [0.05, 0.1) is 19.2 Å². The number of amides is 2. The van der Waals surface area contributed by atoms with E-state index in [4.69, 9.17) is 4.74 Å². The van der Waals surface area contributed by atoms with Crippen molar-refractivity contribution in [2.24, 2.45) is 5.41 Å². The minimum Gasteiger partial charge on any atom is -0.497 e. The van der Waals surface area contributed by atoms with Crippen molar-refractivity contribution in [3.8, 4) is 5.75 Å². The molecule has 0 aliphatic carbocycles. The number of anilines is 2. The summed E-state index contributed by atoms with van der Waals surface area (Å²) in [6.45, 7) is 5.50. The Balaban J connectivity index is 1.91. The highest BCUT2D eigenvalue weighted by atomic mass is 32.1. The molecule has 2 amide bonds. The van der Waals surface area contributed by atoms with Crippen molar-refractivity contribution >= 4 is 34.0 Å². The lowest BCUT2D eigenvalue weighted by Gasteiger charge is -2.15. The molecule has 1 aromatic heterocycles. The van der Waals surface area contributed by atoms with E-state index in [-0.39, 0.29) is 18.2 Å². The van der Waals surface area contributed by atoms with Crippen LogP contribution in [0.1, 0.15) is 26.5 Å². The first-order valence-corrected chi connectivity index (χ1v) is 8.35. The first-order chi connectivity index (χ1) is 11.3. The molecule has 2 rings (SSSR count). The number of aromatic nitrogens is 1. The van der Waals surface area contributed by atoms with Crippen LogP contribution in [0.2, 0.25) is 0 Å². The summed E-state index contributed by atoms with van der Waals surface area (Å²) in [6, 6.07) is 7.09. The molecule has 7 heteroatoms. The van der Waals surface area contributed by atoms with Gasteiger partial charge in [0.2, 0.25) is 11.8 Å². The number of hydrogen-bond acceptors (Lipinski definition) is 5. The van der Waals surface area contributed by atoms with Crippen molar-refractivity contribution in [1.29, 1.82) is 0 Å². The van der Waals surface area contributed by atoms with Gasteiger partial charge in [-0.25, -0.2) is 4.98 Å². The normalized spacial score (nSPS) is 11.0. The van der Waals surface area contributed by atoms with Gasteiger partial charge in [-0.05, 0) is 24.3 Å². The van der Waals surface area contributed by atoms with Crippen molar-refractivity contribution in [3.05, 3.63) is 35.3 Å². The van der Waals surface area contributed by atoms with Crippen LogP contribution < -0.4 is 15.4 Å². The maximum Gasteiger partial charge on any atom is 0.231 e. The number of hydrogen-bond donors (Lipinski definition) is 2. The Morgan fingerprint density at radius 3 is 2.42 bits per heavy atom. The standard InChI is InChI=1S/C17H21N3O3S/c1-17(2,3)15(22)20-16-19-12(10-24-16)9-14(21)18-11-5-7-13(23-4)8-6-11/h5-8,10H,9H2,1-4H3,(H,18,21)(H,19,20,22). The molecular weight excluding hydrogens is 326 g/mol. The summed E-state index contributed by atoms with van der Waals surface area (Å²) < 4.78 is 5.07. The number of thiazole rings is 1. The van der Waals surface area contributed by atoms with E-state index < -0.39 is 5.41 Å². The number of methoxy groups -OCH3 is 1. The Kier molecular flexibility index (Phi) is 5.56. The van der Waals surface area contributed by atoms with Crippen molar-refractivity contribution in [2.75, 3.05) is 17.7 Å². The number of carbonyl (C=O) groups is 2. The molecule has 1 aromatic carbocycles. The molecule has 0 aliphatic rings. The molecule has 0 fully saturated rings. The first kappa shape index (κ1) is 17.9. The number of nitrogens with zero attached hydrogens (tertiary/aromatic N) is 1. The predicted octanol–water partition coefficient (Wildman–Crippen LogP) is 3.32. The molecule has 6 nitrogen and oxygen atoms in total. The van der Waals surface area contributed by atoms with Gasteiger partial charge in [-0.1, -0.05) is 20.8 Å². The van der Waals surface area contributed by atoms with Gasteiger partial charge in [0.25, 0.3) is 0 Å². The Morgan fingerprint density at radius 2 is 1.83 bits per heavy atom. The van der Waals surface area contributed by atoms with Crippen LogP contribution in [-0.4, -0.2) is 23.9 Å². The molecule has 1 heterocycles. The molecule has 0 unspecified atom stereocenters. The minimum atomic E-state index is -0.489. The number of carbonyl (C=O) groups excluding carboxylic acids is 2. The first-order valence-electron chi connectivity index (χ1n) is 7.47. The van der Waals surface area contributed by atoms with E-state index in [1.807, 2.05) is 20.8 Å². The number of benzene rings is 1. The highest BCUT2D eigenvalue weighted by Gasteiger charge is 2.22. The van der Waals surface area contributed by atoms with Crippen LogP contribution in [0.25, 0.3) is 0 Å². The zero-order valence-electron chi connectivity index (χ0n) is 14.2. The van der Waals surface area contributed by atoms with Gasteiger partial charge in [-0.2, -0.15) is 0 Å². The van der Waals surface area contributed by atoms with E-state index in [2.05, 4.69) is 15.6 Å². The second-order valence-corrected chi connectivity index (χ2v) is 7.16. The van der Waals surface area contributed by atoms with Crippen molar-refractivity contribution in [2.45, 2.75) is 27.2 Å². The number of rotatable bonds is 5. The van der Waals surface area contributed by atoms with Crippen LogP contribution in [0.5, 0.6) is 5.75 Å². The number of nitrogens with one attached hydrogen (secondary N) is 2. The maximum atomic E-state index is 12.1. The van der Waals surface area contributed by atoms with Gasteiger partial charge >= 0.3 is 0 Å². The summed E-state index contributed by atoms with van der Waals surface area (Å²) in [6.07, 6.45) is 0.147. The summed E-state index contributed by atoms with van der Waals surface area (Å²) in [5.74, 6) is 0.456. The smallest absolute Gasteiger partial charge is 0.231 e. The summed E-state index contributed by atoms with van der Waals surface area (Å²) >= 11 is 1.31. The molecule has 0 saturated heterocycles. The lowest BCUT2D eigenvalue weighted by atomic mass is 9.96. The molecule has 0 radical (unpaired) electrons. The molecule has 2 aromatic rings. The molecule has 24 heavy (non-hydrogen) atoms. The quantitative estimate of drug-likeness (QED) is 0.869. The average Bonchev–Trinajstić information content (AvgIpc) is 2.94. The third kappa shape index (κ3) is 5.06. The zero-order chi connectivity index (χ0) is 17.7. The largest absolute Gasteiger partial charge is 0.497 e. The van der Waals surface area contributed by atoms with Crippen LogP contribution in [0.3, 0.4) is 0 Å². The monoisotopic (exact) mass is 347 g/mol. The maximum absolute atomic E-state index is 12.1. The van der Waals surface area contributed by atoms with Gasteiger partial charge < -0.3 is 15.4 Å². The van der Waals surface area contributed by atoms with Crippen molar-refractivity contribution in [3.63, 3.8) is 0 Å². The van der Waals surface area contributed by atoms with Crippen LogP contribution in [0.15, 0.2) is 29.6 Å². The van der Waals surface area contributed by atoms with Crippen LogP contribution >= 0.6 is 11.3 Å². The second kappa shape index (κ2) is 7.44. The van der Waals surface area contributed by atoms with Crippen molar-refractivity contribution < 1.29 is 14.3 Å². The van der Waals surface area contributed by atoms with Gasteiger partial charge in [-0.15, -0.1) is 11.3 Å². The van der Waals surface area contributed by atoms with Gasteiger partial charge in [0, 0.05) is 16.5 Å². The highest BCUT2D eigenvalue weighted by Crippen LogP contribution is 2.21. The lowest BCUT2D eigenvalue weighted by molar-refractivity contribution is -0.123. The fourth-order valence-electron chi connectivity index (χ4n) is 1.77. The summed E-state index contributed by atoms with van der Waals surface area (Å²) in [7, 11) is 1.59. The molecule has 128 valence electrons. The predicted molar refractivity (Wildman–Crippen MR) is 95.5 cm³/mol. The van der Waals surface area contributed by atoms with Crippen LogP contribution in [0, 0.1) is 5.41 Å². The molecule has 0 aliphatic heterocycles. The summed E-state index contributed by atoms with van der Waals surface area (Å²) in [5, 5.41) is 7.83. The molecule has 0 atom stereocenters. The third-order valence-corrected chi connectivity index (χ3v) is 3.98. The van der Waals surface area contributed by atoms with E-state index in [1.54, 1.807) is 36.8 Å². The molecular formula is C17H21N3O3S. The Labute approximate surface area is 145 Å². The van der Waals surface area contributed by atoms with Crippen LogP contribution in [0.4, 0.5) is 10.8 Å². The summed E-state index contributed by atoms with van der Waals surface area (Å²) in [4.78, 5) is 28.3. The summed E-state index contributed by atoms with van der Waals surface area (Å²) in [5.41, 5.74) is 0.824. The third-order valence-electron chi connectivity index (χ3n) is 3.17. The zero-order valence-corrected chi connectivity index (χ0v) is 15.0. The molecule has 0 saturated carbocycles.